The maximum absolute atomic E-state index is 12.1. The summed E-state index contributed by atoms with van der Waals surface area (Å²) in [4.78, 5) is 24.1. The van der Waals surface area contributed by atoms with E-state index in [2.05, 4.69) is 24.3 Å². The monoisotopic (exact) mass is 440 g/mol. The lowest BCUT2D eigenvalue weighted by Crippen LogP contribution is -2.26. The molecular formula is C27H14Cl2O2. The van der Waals surface area contributed by atoms with E-state index in [1.54, 1.807) is 12.1 Å². The average molecular weight is 441 g/mol. The molecular weight excluding hydrogens is 427 g/mol. The van der Waals surface area contributed by atoms with Crippen LogP contribution in [0.5, 0.6) is 0 Å². The van der Waals surface area contributed by atoms with E-state index in [0.717, 1.165) is 44.5 Å². The first-order chi connectivity index (χ1) is 15.0. The van der Waals surface area contributed by atoms with E-state index >= 15 is 0 Å². The molecule has 6 rings (SSSR count). The fourth-order valence-corrected chi connectivity index (χ4v) is 5.62. The molecule has 0 saturated carbocycles. The number of hydrogen-bond acceptors (Lipinski definition) is 2. The van der Waals surface area contributed by atoms with E-state index in [9.17, 15) is 9.59 Å². The summed E-state index contributed by atoms with van der Waals surface area (Å²) in [6, 6.07) is 27.8. The summed E-state index contributed by atoms with van der Waals surface area (Å²) in [7, 11) is 0. The van der Waals surface area contributed by atoms with Gasteiger partial charge in [0.05, 0.1) is 5.41 Å². The third kappa shape index (κ3) is 2.29. The van der Waals surface area contributed by atoms with Crippen LogP contribution in [0.3, 0.4) is 0 Å². The summed E-state index contributed by atoms with van der Waals surface area (Å²) >= 11 is 11.8. The van der Waals surface area contributed by atoms with Crippen molar-refractivity contribution < 1.29 is 9.59 Å². The number of halogens is 2. The normalized spacial score (nSPS) is 14.0. The zero-order chi connectivity index (χ0) is 21.3. The molecule has 0 N–H and O–H groups in total. The minimum atomic E-state index is -0.650. The molecule has 0 atom stereocenters. The Balaban J connectivity index is 1.83. The van der Waals surface area contributed by atoms with Crippen molar-refractivity contribution in [1.82, 2.24) is 0 Å². The Morgan fingerprint density at radius 3 is 1.32 bits per heavy atom. The summed E-state index contributed by atoms with van der Waals surface area (Å²) in [5, 5.41) is -0.991. The lowest BCUT2D eigenvalue weighted by atomic mass is 9.70. The van der Waals surface area contributed by atoms with Crippen LogP contribution < -0.4 is 0 Å². The quantitative estimate of drug-likeness (QED) is 0.277. The Morgan fingerprint density at radius 1 is 0.516 bits per heavy atom. The molecule has 4 heteroatoms. The van der Waals surface area contributed by atoms with E-state index in [0.29, 0.717) is 11.1 Å². The van der Waals surface area contributed by atoms with Crippen molar-refractivity contribution in [3.63, 3.8) is 0 Å². The van der Waals surface area contributed by atoms with Crippen molar-refractivity contribution in [2.24, 2.45) is 0 Å². The van der Waals surface area contributed by atoms with Crippen molar-refractivity contribution in [3.8, 4) is 22.3 Å². The van der Waals surface area contributed by atoms with Gasteiger partial charge in [-0.25, -0.2) is 0 Å². The van der Waals surface area contributed by atoms with Gasteiger partial charge in [-0.3, -0.25) is 9.59 Å². The van der Waals surface area contributed by atoms with Crippen LogP contribution in [-0.2, 0) is 5.41 Å². The summed E-state index contributed by atoms with van der Waals surface area (Å²) in [5.41, 5.74) is 8.80. The fraction of sp³-hybridized carbons (Fsp3) is 0.0370. The summed E-state index contributed by atoms with van der Waals surface area (Å²) in [5.74, 6) is 0. The Labute approximate surface area is 189 Å². The number of hydrogen-bond donors (Lipinski definition) is 0. The van der Waals surface area contributed by atoms with E-state index in [1.807, 2.05) is 48.5 Å². The second-order valence-corrected chi connectivity index (χ2v) is 8.60. The molecule has 0 fully saturated rings. The zero-order valence-electron chi connectivity index (χ0n) is 16.2. The predicted octanol–water partition coefficient (Wildman–Crippen LogP) is 6.79. The topological polar surface area (TPSA) is 34.1 Å². The maximum atomic E-state index is 12.1. The molecule has 0 aliphatic heterocycles. The lowest BCUT2D eigenvalue weighted by molar-refractivity contribution is 0.107. The van der Waals surface area contributed by atoms with Gasteiger partial charge in [0, 0.05) is 11.1 Å². The molecule has 0 saturated heterocycles. The highest BCUT2D eigenvalue weighted by Crippen LogP contribution is 2.62. The van der Waals surface area contributed by atoms with Crippen molar-refractivity contribution >= 4 is 33.7 Å². The Bertz CT molecular complexity index is 1340. The van der Waals surface area contributed by atoms with Crippen LogP contribution in [0.1, 0.15) is 43.0 Å². The first-order valence-electron chi connectivity index (χ1n) is 9.92. The zero-order valence-corrected chi connectivity index (χ0v) is 17.7. The van der Waals surface area contributed by atoms with E-state index < -0.39 is 15.9 Å². The van der Waals surface area contributed by atoms with Gasteiger partial charge in [-0.05, 0) is 92.0 Å². The van der Waals surface area contributed by atoms with Crippen LogP contribution in [0.15, 0.2) is 84.9 Å². The molecule has 2 nitrogen and oxygen atoms in total. The van der Waals surface area contributed by atoms with Crippen molar-refractivity contribution in [3.05, 3.63) is 118 Å². The summed E-state index contributed by atoms with van der Waals surface area (Å²) in [6.45, 7) is 0. The van der Waals surface area contributed by atoms with E-state index in [-0.39, 0.29) is 0 Å². The highest BCUT2D eigenvalue weighted by Gasteiger charge is 2.51. The number of rotatable bonds is 2. The van der Waals surface area contributed by atoms with Crippen molar-refractivity contribution in [1.29, 1.82) is 0 Å². The molecule has 0 amide bonds. The molecule has 2 aliphatic rings. The number of carbonyl (C=O) groups excluding carboxylic acids is 2. The van der Waals surface area contributed by atoms with Gasteiger partial charge in [-0.1, -0.05) is 60.7 Å². The van der Waals surface area contributed by atoms with Crippen LogP contribution >= 0.6 is 23.2 Å². The molecule has 148 valence electrons. The standard InChI is InChI=1S/C27H14Cl2O2/c28-25(30)15-9-11-19-17-5-1-3-7-21(17)27(23(19)13-15)22-8-4-2-6-18(22)20-12-10-16(26(29)31)14-24(20)27/h1-14H. The van der Waals surface area contributed by atoms with Gasteiger partial charge in [0.1, 0.15) is 0 Å². The number of benzene rings is 4. The molecule has 31 heavy (non-hydrogen) atoms. The van der Waals surface area contributed by atoms with E-state index in [4.69, 9.17) is 23.2 Å². The molecule has 0 heterocycles. The molecule has 0 radical (unpaired) electrons. The molecule has 4 aromatic rings. The minimum Gasteiger partial charge on any atom is -0.276 e. The SMILES string of the molecule is O=C(Cl)c1ccc2c(c1)C1(c3ccccc3-2)c2ccccc2-c2ccc(C(=O)Cl)cc21. The molecule has 0 bridgehead atoms. The first kappa shape index (κ1) is 18.6. The van der Waals surface area contributed by atoms with Gasteiger partial charge in [0.15, 0.2) is 0 Å². The van der Waals surface area contributed by atoms with Crippen LogP contribution in [0.4, 0.5) is 0 Å². The predicted molar refractivity (Wildman–Crippen MR) is 123 cm³/mol. The maximum Gasteiger partial charge on any atom is 0.252 e. The fourth-order valence-electron chi connectivity index (χ4n) is 5.38. The second kappa shape index (κ2) is 6.40. The third-order valence-corrected chi connectivity index (χ3v) is 6.98. The largest absolute Gasteiger partial charge is 0.276 e. The van der Waals surface area contributed by atoms with Crippen LogP contribution in [0.25, 0.3) is 22.3 Å². The molecule has 0 aromatic heterocycles. The van der Waals surface area contributed by atoms with Crippen molar-refractivity contribution in [2.75, 3.05) is 0 Å². The van der Waals surface area contributed by atoms with Gasteiger partial charge in [0.2, 0.25) is 0 Å². The average Bonchev–Trinajstić information content (AvgIpc) is 3.25. The molecule has 2 aliphatic carbocycles. The minimum absolute atomic E-state index is 0.447. The van der Waals surface area contributed by atoms with Gasteiger partial charge >= 0.3 is 0 Å². The van der Waals surface area contributed by atoms with Crippen LogP contribution in [0, 0.1) is 0 Å². The summed E-state index contributed by atoms with van der Waals surface area (Å²) in [6.07, 6.45) is 0. The van der Waals surface area contributed by atoms with E-state index in [1.165, 1.54) is 0 Å². The van der Waals surface area contributed by atoms with Crippen LogP contribution in [-0.4, -0.2) is 10.5 Å². The highest BCUT2D eigenvalue weighted by atomic mass is 35.5. The second-order valence-electron chi connectivity index (χ2n) is 7.91. The Kier molecular flexibility index (Phi) is 3.83. The van der Waals surface area contributed by atoms with Gasteiger partial charge in [-0.15, -0.1) is 0 Å². The molecule has 4 aromatic carbocycles. The van der Waals surface area contributed by atoms with Gasteiger partial charge < -0.3 is 0 Å². The Hall–Kier alpha value is -3.20. The third-order valence-electron chi connectivity index (χ3n) is 6.54. The van der Waals surface area contributed by atoms with Crippen molar-refractivity contribution in [2.45, 2.75) is 5.41 Å². The summed E-state index contributed by atoms with van der Waals surface area (Å²) < 4.78 is 0. The highest BCUT2D eigenvalue weighted by molar-refractivity contribution is 6.68. The number of fused-ring (bicyclic) bond motifs is 10. The Morgan fingerprint density at radius 2 is 0.903 bits per heavy atom. The first-order valence-corrected chi connectivity index (χ1v) is 10.7. The smallest absolute Gasteiger partial charge is 0.252 e. The van der Waals surface area contributed by atoms with Gasteiger partial charge in [0.25, 0.3) is 10.5 Å². The number of carbonyl (C=O) groups is 2. The molecule has 0 unspecified atom stereocenters. The van der Waals surface area contributed by atoms with Crippen LogP contribution in [0.2, 0.25) is 0 Å². The van der Waals surface area contributed by atoms with Gasteiger partial charge in [-0.2, -0.15) is 0 Å². The lowest BCUT2D eigenvalue weighted by Gasteiger charge is -2.30. The molecule has 1 spiro atoms.